The monoisotopic (exact) mass is 228 g/mol. The second-order valence-corrected chi connectivity index (χ2v) is 5.66. The molecule has 3 heteroatoms. The third kappa shape index (κ3) is 4.07. The fourth-order valence-electron chi connectivity index (χ4n) is 2.77. The lowest BCUT2D eigenvalue weighted by atomic mass is 9.90. The van der Waals surface area contributed by atoms with Crippen molar-refractivity contribution in [3.63, 3.8) is 0 Å². The molecule has 0 aromatic heterocycles. The average molecular weight is 228 g/mol. The summed E-state index contributed by atoms with van der Waals surface area (Å²) in [6, 6.07) is 0.563. The lowest BCUT2D eigenvalue weighted by molar-refractivity contribution is 0.0960. The molecule has 15 heavy (non-hydrogen) atoms. The Bertz CT molecular complexity index is 208. The molecule has 2 nitrogen and oxygen atoms in total. The molecule has 3 unspecified atom stereocenters. The van der Waals surface area contributed by atoms with Crippen LogP contribution in [0.3, 0.4) is 0 Å². The van der Waals surface area contributed by atoms with Gasteiger partial charge in [0.2, 0.25) is 0 Å². The Kier molecular flexibility index (Phi) is 5.00. The molecule has 0 saturated carbocycles. The smallest absolute Gasteiger partial charge is 0.0743 e. The fraction of sp³-hybridized carbons (Fsp3) is 0.917. The van der Waals surface area contributed by atoms with E-state index in [0.29, 0.717) is 11.0 Å². The van der Waals surface area contributed by atoms with Crippen LogP contribution in [0.15, 0.2) is 0 Å². The largest absolute Gasteiger partial charge is 0.393 e. The second-order valence-electron chi connectivity index (χ2n) is 5.13. The lowest BCUT2D eigenvalue weighted by Gasteiger charge is -2.39. The normalized spacial score (nSPS) is 30.1. The van der Waals surface area contributed by atoms with Crippen molar-refractivity contribution in [1.82, 2.24) is 4.90 Å². The van der Waals surface area contributed by atoms with E-state index in [9.17, 15) is 0 Å². The Morgan fingerprint density at radius 3 is 2.33 bits per heavy atom. The van der Waals surface area contributed by atoms with Crippen LogP contribution < -0.4 is 5.73 Å². The first-order valence-electron chi connectivity index (χ1n) is 6.05. The van der Waals surface area contributed by atoms with Gasteiger partial charge in [0.25, 0.3) is 0 Å². The summed E-state index contributed by atoms with van der Waals surface area (Å²) in [6.45, 7) is 9.34. The van der Waals surface area contributed by atoms with Gasteiger partial charge in [0, 0.05) is 25.6 Å². The summed E-state index contributed by atoms with van der Waals surface area (Å²) in [5.41, 5.74) is 5.65. The van der Waals surface area contributed by atoms with Crippen molar-refractivity contribution in [3.05, 3.63) is 0 Å². The zero-order chi connectivity index (χ0) is 11.4. The molecular weight excluding hydrogens is 204 g/mol. The van der Waals surface area contributed by atoms with E-state index in [-0.39, 0.29) is 0 Å². The van der Waals surface area contributed by atoms with Crippen LogP contribution in [-0.4, -0.2) is 29.0 Å². The van der Waals surface area contributed by atoms with Gasteiger partial charge in [-0.1, -0.05) is 33.0 Å². The SMILES string of the molecule is CCC(CC(N)=S)N1CC(C)CC(C)C1. The Morgan fingerprint density at radius 2 is 1.93 bits per heavy atom. The van der Waals surface area contributed by atoms with Gasteiger partial charge in [-0.05, 0) is 24.7 Å². The van der Waals surface area contributed by atoms with Gasteiger partial charge in [-0.15, -0.1) is 0 Å². The van der Waals surface area contributed by atoms with Crippen molar-refractivity contribution in [2.24, 2.45) is 17.6 Å². The molecule has 1 aliphatic rings. The number of nitrogens with zero attached hydrogens (tertiary/aromatic N) is 1. The van der Waals surface area contributed by atoms with Gasteiger partial charge in [-0.2, -0.15) is 0 Å². The Hall–Kier alpha value is -0.150. The predicted octanol–water partition coefficient (Wildman–Crippen LogP) is 2.42. The molecule has 3 atom stereocenters. The summed E-state index contributed by atoms with van der Waals surface area (Å²) >= 11 is 5.02. The van der Waals surface area contributed by atoms with Gasteiger partial charge in [0.1, 0.15) is 0 Å². The van der Waals surface area contributed by atoms with Crippen LogP contribution in [0, 0.1) is 11.8 Å². The third-order valence-electron chi connectivity index (χ3n) is 3.32. The number of thiocarbonyl (C=S) groups is 1. The molecule has 1 saturated heterocycles. The number of likely N-dealkylation sites (tertiary alicyclic amines) is 1. The van der Waals surface area contributed by atoms with Crippen LogP contribution in [0.25, 0.3) is 0 Å². The zero-order valence-electron chi connectivity index (χ0n) is 10.2. The van der Waals surface area contributed by atoms with E-state index >= 15 is 0 Å². The molecule has 88 valence electrons. The van der Waals surface area contributed by atoms with Crippen LogP contribution in [0.4, 0.5) is 0 Å². The van der Waals surface area contributed by atoms with E-state index in [4.69, 9.17) is 18.0 Å². The van der Waals surface area contributed by atoms with Gasteiger partial charge in [-0.25, -0.2) is 0 Å². The molecule has 0 bridgehead atoms. The van der Waals surface area contributed by atoms with Gasteiger partial charge in [0.05, 0.1) is 4.99 Å². The summed E-state index contributed by atoms with van der Waals surface area (Å²) in [5, 5.41) is 0. The molecule has 1 aliphatic heterocycles. The zero-order valence-corrected chi connectivity index (χ0v) is 11.0. The van der Waals surface area contributed by atoms with E-state index in [1.54, 1.807) is 0 Å². The maximum absolute atomic E-state index is 5.65. The van der Waals surface area contributed by atoms with Crippen LogP contribution in [-0.2, 0) is 0 Å². The highest BCUT2D eigenvalue weighted by Gasteiger charge is 2.26. The van der Waals surface area contributed by atoms with Crippen molar-refractivity contribution < 1.29 is 0 Å². The Labute approximate surface area is 99.2 Å². The average Bonchev–Trinajstić information content (AvgIpc) is 2.12. The van der Waals surface area contributed by atoms with Crippen molar-refractivity contribution in [2.45, 2.75) is 46.1 Å². The molecule has 0 aromatic carbocycles. The number of nitrogens with two attached hydrogens (primary N) is 1. The lowest BCUT2D eigenvalue weighted by Crippen LogP contribution is -2.46. The minimum absolute atomic E-state index is 0.563. The molecule has 1 fully saturated rings. The van der Waals surface area contributed by atoms with Crippen LogP contribution >= 0.6 is 12.2 Å². The van der Waals surface area contributed by atoms with E-state index < -0.39 is 0 Å². The first kappa shape index (κ1) is 12.9. The molecule has 0 aromatic rings. The molecule has 0 amide bonds. The molecule has 0 aliphatic carbocycles. The van der Waals surface area contributed by atoms with Crippen molar-refractivity contribution >= 4 is 17.2 Å². The Balaban J connectivity index is 2.54. The fourth-order valence-corrected chi connectivity index (χ4v) is 2.97. The molecule has 0 spiro atoms. The standard InChI is InChI=1S/C12H24N2S/c1-4-11(6-12(13)15)14-7-9(2)5-10(3)8-14/h9-11H,4-8H2,1-3H3,(H2,13,15). The van der Waals surface area contributed by atoms with Crippen LogP contribution in [0.2, 0.25) is 0 Å². The minimum Gasteiger partial charge on any atom is -0.393 e. The van der Waals surface area contributed by atoms with Crippen LogP contribution in [0.1, 0.15) is 40.0 Å². The maximum Gasteiger partial charge on any atom is 0.0743 e. The molecular formula is C12H24N2S. The summed E-state index contributed by atoms with van der Waals surface area (Å²) < 4.78 is 0. The summed E-state index contributed by atoms with van der Waals surface area (Å²) in [4.78, 5) is 3.24. The van der Waals surface area contributed by atoms with E-state index in [2.05, 4.69) is 25.7 Å². The number of rotatable bonds is 4. The van der Waals surface area contributed by atoms with E-state index in [0.717, 1.165) is 24.7 Å². The minimum atomic E-state index is 0.563. The topological polar surface area (TPSA) is 29.3 Å². The van der Waals surface area contributed by atoms with Gasteiger partial charge >= 0.3 is 0 Å². The summed E-state index contributed by atoms with van der Waals surface area (Å²) in [6.07, 6.45) is 3.39. The molecule has 1 heterocycles. The predicted molar refractivity (Wildman–Crippen MR) is 70.0 cm³/mol. The van der Waals surface area contributed by atoms with Gasteiger partial charge in [0.15, 0.2) is 0 Å². The number of hydrogen-bond donors (Lipinski definition) is 1. The van der Waals surface area contributed by atoms with Crippen molar-refractivity contribution in [1.29, 1.82) is 0 Å². The Morgan fingerprint density at radius 1 is 1.40 bits per heavy atom. The van der Waals surface area contributed by atoms with E-state index in [1.807, 2.05) is 0 Å². The van der Waals surface area contributed by atoms with Crippen molar-refractivity contribution in [3.8, 4) is 0 Å². The molecule has 2 N–H and O–H groups in total. The second kappa shape index (κ2) is 5.80. The third-order valence-corrected chi connectivity index (χ3v) is 3.49. The van der Waals surface area contributed by atoms with E-state index in [1.165, 1.54) is 19.5 Å². The highest BCUT2D eigenvalue weighted by atomic mass is 32.1. The van der Waals surface area contributed by atoms with Crippen LogP contribution in [0.5, 0.6) is 0 Å². The molecule has 1 rings (SSSR count). The van der Waals surface area contributed by atoms with Crippen molar-refractivity contribution in [2.75, 3.05) is 13.1 Å². The first-order chi connectivity index (χ1) is 7.02. The molecule has 0 radical (unpaired) electrons. The van der Waals surface area contributed by atoms with Gasteiger partial charge in [-0.3, -0.25) is 4.90 Å². The summed E-state index contributed by atoms with van der Waals surface area (Å²) in [5.74, 6) is 1.63. The first-order valence-corrected chi connectivity index (χ1v) is 6.46. The highest BCUT2D eigenvalue weighted by molar-refractivity contribution is 7.80. The number of hydrogen-bond acceptors (Lipinski definition) is 2. The highest BCUT2D eigenvalue weighted by Crippen LogP contribution is 2.24. The quantitative estimate of drug-likeness (QED) is 0.749. The summed E-state index contributed by atoms with van der Waals surface area (Å²) in [7, 11) is 0. The van der Waals surface area contributed by atoms with Gasteiger partial charge < -0.3 is 5.73 Å². The number of piperidine rings is 1. The maximum atomic E-state index is 5.65.